The summed E-state index contributed by atoms with van der Waals surface area (Å²) in [6, 6.07) is 16.5. The highest BCUT2D eigenvalue weighted by molar-refractivity contribution is 6.27. The number of ether oxygens (including phenoxy) is 2. The summed E-state index contributed by atoms with van der Waals surface area (Å²) in [6.07, 6.45) is 4.05. The van der Waals surface area contributed by atoms with Crippen LogP contribution < -0.4 is 0 Å². The Morgan fingerprint density at radius 2 is 1.50 bits per heavy atom. The SMILES string of the molecule is O=C(Cc1ccccc1)N(Cc1ccc(F)cc1)C1CCN(CCC2OCCCO2)CC1.O=C(O)C(=O)O. The third kappa shape index (κ3) is 9.85. The highest BCUT2D eigenvalue weighted by Gasteiger charge is 2.28. The van der Waals surface area contributed by atoms with Crippen molar-refractivity contribution in [3.63, 3.8) is 0 Å². The first-order valence-corrected chi connectivity index (χ1v) is 12.8. The molecule has 1 amide bonds. The third-order valence-corrected chi connectivity index (χ3v) is 6.54. The van der Waals surface area contributed by atoms with Gasteiger partial charge in [-0.3, -0.25) is 4.79 Å². The zero-order valence-corrected chi connectivity index (χ0v) is 21.3. The number of benzene rings is 2. The molecule has 0 aliphatic carbocycles. The van der Waals surface area contributed by atoms with E-state index in [4.69, 9.17) is 29.3 Å². The molecule has 2 N–H and O–H groups in total. The Morgan fingerprint density at radius 3 is 2.08 bits per heavy atom. The smallest absolute Gasteiger partial charge is 0.414 e. The van der Waals surface area contributed by atoms with E-state index >= 15 is 0 Å². The van der Waals surface area contributed by atoms with Gasteiger partial charge in [0.25, 0.3) is 0 Å². The van der Waals surface area contributed by atoms with E-state index < -0.39 is 11.9 Å². The topological polar surface area (TPSA) is 117 Å². The number of amides is 1. The van der Waals surface area contributed by atoms with Gasteiger partial charge in [0.15, 0.2) is 6.29 Å². The van der Waals surface area contributed by atoms with Gasteiger partial charge in [0.1, 0.15) is 5.82 Å². The average Bonchev–Trinajstić information content (AvgIpc) is 2.93. The minimum absolute atomic E-state index is 0.0797. The van der Waals surface area contributed by atoms with Gasteiger partial charge in [0, 0.05) is 38.6 Å². The van der Waals surface area contributed by atoms with Crippen LogP contribution in [0, 0.1) is 5.82 Å². The van der Waals surface area contributed by atoms with E-state index in [2.05, 4.69) is 4.90 Å². The van der Waals surface area contributed by atoms with Gasteiger partial charge in [0.05, 0.1) is 19.6 Å². The molecule has 10 heteroatoms. The quantitative estimate of drug-likeness (QED) is 0.500. The normalized spacial score (nSPS) is 16.8. The molecular weight excluding hydrogens is 495 g/mol. The van der Waals surface area contributed by atoms with Crippen LogP contribution in [-0.2, 0) is 36.8 Å². The highest BCUT2D eigenvalue weighted by atomic mass is 19.1. The summed E-state index contributed by atoms with van der Waals surface area (Å²) in [6.45, 7) is 4.95. The second-order valence-corrected chi connectivity index (χ2v) is 9.31. The molecule has 0 aromatic heterocycles. The van der Waals surface area contributed by atoms with Crippen molar-refractivity contribution in [2.45, 2.75) is 51.0 Å². The third-order valence-electron chi connectivity index (χ3n) is 6.54. The number of aliphatic carboxylic acids is 2. The van der Waals surface area contributed by atoms with Crippen LogP contribution in [-0.4, -0.2) is 83.0 Å². The number of nitrogens with zero attached hydrogens (tertiary/aromatic N) is 2. The van der Waals surface area contributed by atoms with Crippen LogP contribution in [0.2, 0.25) is 0 Å². The number of carbonyl (C=O) groups excluding carboxylic acids is 1. The minimum Gasteiger partial charge on any atom is -0.473 e. The van der Waals surface area contributed by atoms with Crippen LogP contribution in [0.5, 0.6) is 0 Å². The molecule has 0 bridgehead atoms. The van der Waals surface area contributed by atoms with E-state index in [1.807, 2.05) is 35.2 Å². The fourth-order valence-electron chi connectivity index (χ4n) is 4.53. The maximum Gasteiger partial charge on any atom is 0.414 e. The van der Waals surface area contributed by atoms with E-state index in [1.54, 1.807) is 12.1 Å². The summed E-state index contributed by atoms with van der Waals surface area (Å²) in [4.78, 5) is 35.9. The lowest BCUT2D eigenvalue weighted by Crippen LogP contribution is -2.48. The van der Waals surface area contributed by atoms with Crippen LogP contribution in [0.1, 0.15) is 36.8 Å². The lowest BCUT2D eigenvalue weighted by molar-refractivity contribution is -0.183. The molecule has 2 heterocycles. The minimum atomic E-state index is -1.82. The van der Waals surface area contributed by atoms with E-state index in [1.165, 1.54) is 12.1 Å². The zero-order valence-electron chi connectivity index (χ0n) is 21.3. The Morgan fingerprint density at radius 1 is 0.895 bits per heavy atom. The maximum atomic E-state index is 13.4. The monoisotopic (exact) mass is 530 g/mol. The number of piperidine rings is 1. The predicted octanol–water partition coefficient (Wildman–Crippen LogP) is 3.17. The number of carboxylic acid groups (broad SMARTS) is 2. The summed E-state index contributed by atoms with van der Waals surface area (Å²) in [5, 5.41) is 14.8. The molecule has 4 rings (SSSR count). The summed E-state index contributed by atoms with van der Waals surface area (Å²) in [5.41, 5.74) is 1.98. The molecule has 0 radical (unpaired) electrons. The number of hydrogen-bond donors (Lipinski definition) is 2. The van der Waals surface area contributed by atoms with Crippen molar-refractivity contribution in [3.05, 3.63) is 71.5 Å². The Labute approximate surface area is 221 Å². The Kier molecular flexibility index (Phi) is 11.7. The van der Waals surface area contributed by atoms with Crippen molar-refractivity contribution >= 4 is 17.8 Å². The second-order valence-electron chi connectivity index (χ2n) is 9.31. The molecule has 0 saturated carbocycles. The molecule has 2 fully saturated rings. The van der Waals surface area contributed by atoms with Crippen LogP contribution in [0.25, 0.3) is 0 Å². The Hall–Kier alpha value is -3.34. The molecular formula is C28H35FN2O7. The number of rotatable bonds is 8. The van der Waals surface area contributed by atoms with Gasteiger partial charge in [-0.25, -0.2) is 14.0 Å². The number of halogens is 1. The summed E-state index contributed by atoms with van der Waals surface area (Å²) in [7, 11) is 0. The zero-order chi connectivity index (χ0) is 27.3. The summed E-state index contributed by atoms with van der Waals surface area (Å²) in [5.74, 6) is -3.77. The molecule has 0 spiro atoms. The first-order chi connectivity index (χ1) is 18.3. The molecule has 2 saturated heterocycles. The standard InChI is InChI=1S/C26H33FN2O3.C2H2O4/c27-23-9-7-22(8-10-23)20-29(25(30)19-21-5-2-1-3-6-21)24-11-14-28(15-12-24)16-13-26-31-17-4-18-32-26;3-1(4)2(5)6/h1-3,5-10,24,26H,4,11-20H2;(H,3,4)(H,5,6). The highest BCUT2D eigenvalue weighted by Crippen LogP contribution is 2.22. The summed E-state index contributed by atoms with van der Waals surface area (Å²) >= 11 is 0. The van der Waals surface area contributed by atoms with Crippen LogP contribution in [0.4, 0.5) is 4.39 Å². The first kappa shape index (κ1) is 29.2. The lowest BCUT2D eigenvalue weighted by Gasteiger charge is -2.39. The van der Waals surface area contributed by atoms with Crippen molar-refractivity contribution < 1.29 is 38.5 Å². The van der Waals surface area contributed by atoms with E-state index in [-0.39, 0.29) is 24.1 Å². The molecule has 2 aromatic rings. The molecule has 9 nitrogen and oxygen atoms in total. The van der Waals surface area contributed by atoms with E-state index in [0.717, 1.165) is 69.7 Å². The molecule has 2 aliphatic heterocycles. The average molecular weight is 531 g/mol. The predicted molar refractivity (Wildman–Crippen MR) is 137 cm³/mol. The van der Waals surface area contributed by atoms with Crippen molar-refractivity contribution in [2.75, 3.05) is 32.8 Å². The molecule has 0 unspecified atom stereocenters. The van der Waals surface area contributed by atoms with Crippen LogP contribution >= 0.6 is 0 Å². The van der Waals surface area contributed by atoms with E-state index in [0.29, 0.717) is 13.0 Å². The van der Waals surface area contributed by atoms with Gasteiger partial charge in [-0.05, 0) is 42.5 Å². The van der Waals surface area contributed by atoms with Crippen molar-refractivity contribution in [2.24, 2.45) is 0 Å². The molecule has 2 aliphatic rings. The van der Waals surface area contributed by atoms with Gasteiger partial charge in [-0.2, -0.15) is 0 Å². The molecule has 2 aromatic carbocycles. The molecule has 206 valence electrons. The van der Waals surface area contributed by atoms with Gasteiger partial charge in [0.2, 0.25) is 5.91 Å². The second kappa shape index (κ2) is 15.2. The Bertz CT molecular complexity index is 1010. The van der Waals surface area contributed by atoms with Gasteiger partial charge in [-0.15, -0.1) is 0 Å². The Balaban J connectivity index is 0.000000599. The number of likely N-dealkylation sites (tertiary alicyclic amines) is 1. The number of carboxylic acids is 2. The van der Waals surface area contributed by atoms with Crippen LogP contribution in [0.15, 0.2) is 54.6 Å². The van der Waals surface area contributed by atoms with Crippen molar-refractivity contribution in [3.8, 4) is 0 Å². The first-order valence-electron chi connectivity index (χ1n) is 12.8. The van der Waals surface area contributed by atoms with Crippen LogP contribution in [0.3, 0.4) is 0 Å². The fourth-order valence-corrected chi connectivity index (χ4v) is 4.53. The van der Waals surface area contributed by atoms with E-state index in [9.17, 15) is 9.18 Å². The summed E-state index contributed by atoms with van der Waals surface area (Å²) < 4.78 is 24.7. The van der Waals surface area contributed by atoms with Gasteiger partial charge in [-0.1, -0.05) is 42.5 Å². The lowest BCUT2D eigenvalue weighted by atomic mass is 10.0. The fraction of sp³-hybridized carbons (Fsp3) is 0.464. The number of carbonyl (C=O) groups is 3. The number of hydrogen-bond acceptors (Lipinski definition) is 6. The molecule has 0 atom stereocenters. The van der Waals surface area contributed by atoms with Gasteiger partial charge >= 0.3 is 11.9 Å². The van der Waals surface area contributed by atoms with Crippen molar-refractivity contribution in [1.82, 2.24) is 9.80 Å². The largest absolute Gasteiger partial charge is 0.473 e. The van der Waals surface area contributed by atoms with Gasteiger partial charge < -0.3 is 29.5 Å². The molecule has 38 heavy (non-hydrogen) atoms. The maximum absolute atomic E-state index is 13.4. The van der Waals surface area contributed by atoms with Crippen molar-refractivity contribution in [1.29, 1.82) is 0 Å².